The lowest BCUT2D eigenvalue weighted by molar-refractivity contribution is -0.116. The van der Waals surface area contributed by atoms with Crippen LogP contribution >= 0.6 is 24.8 Å². The van der Waals surface area contributed by atoms with Crippen LogP contribution in [0.25, 0.3) is 11.0 Å². The molecule has 0 radical (unpaired) electrons. The molecule has 1 saturated carbocycles. The van der Waals surface area contributed by atoms with Crippen molar-refractivity contribution in [1.29, 1.82) is 0 Å². The molecule has 1 fully saturated rings. The number of aromatic nitrogens is 2. The van der Waals surface area contributed by atoms with Gasteiger partial charge in [0, 0.05) is 18.0 Å². The molecule has 1 aliphatic rings. The largest absolute Gasteiger partial charge is 0.342 e. The van der Waals surface area contributed by atoms with Crippen LogP contribution in [-0.4, -0.2) is 22.4 Å². The number of nitrogens with two attached hydrogens (primary N) is 1. The first kappa shape index (κ1) is 18.7. The molecule has 1 amide bonds. The van der Waals surface area contributed by atoms with Gasteiger partial charge < -0.3 is 16.0 Å². The standard InChI is InChI=1S/C15H20N4O.2ClH/c16-8-2-5-14(20)17-11-6-7-12-13(9-11)19-15(18-12)10-3-1-4-10;;/h6-7,9-10H,1-5,8,16H2,(H,17,20)(H,18,19);2*1H. The topological polar surface area (TPSA) is 83.8 Å². The number of hydrogen-bond acceptors (Lipinski definition) is 3. The highest BCUT2D eigenvalue weighted by Crippen LogP contribution is 2.35. The number of halogens is 2. The van der Waals surface area contributed by atoms with Gasteiger partial charge in [-0.3, -0.25) is 4.79 Å². The molecule has 0 spiro atoms. The van der Waals surface area contributed by atoms with Crippen molar-refractivity contribution in [2.24, 2.45) is 5.73 Å². The summed E-state index contributed by atoms with van der Waals surface area (Å²) in [7, 11) is 0. The minimum atomic E-state index is 0. The number of fused-ring (bicyclic) bond motifs is 1. The van der Waals surface area contributed by atoms with Gasteiger partial charge in [0.15, 0.2) is 0 Å². The van der Waals surface area contributed by atoms with Crippen molar-refractivity contribution in [1.82, 2.24) is 9.97 Å². The molecule has 0 aliphatic heterocycles. The number of H-pyrrole nitrogens is 1. The van der Waals surface area contributed by atoms with Gasteiger partial charge in [0.25, 0.3) is 0 Å². The molecular weight excluding hydrogens is 323 g/mol. The second kappa shape index (κ2) is 8.36. The summed E-state index contributed by atoms with van der Waals surface area (Å²) in [5.41, 5.74) is 8.16. The van der Waals surface area contributed by atoms with Crippen LogP contribution in [-0.2, 0) is 4.79 Å². The molecule has 0 bridgehead atoms. The maximum absolute atomic E-state index is 11.7. The average molecular weight is 345 g/mol. The zero-order valence-corrected chi connectivity index (χ0v) is 13.9. The van der Waals surface area contributed by atoms with Crippen LogP contribution in [0.2, 0.25) is 0 Å². The summed E-state index contributed by atoms with van der Waals surface area (Å²) in [4.78, 5) is 19.7. The molecule has 1 heterocycles. The van der Waals surface area contributed by atoms with Gasteiger partial charge in [0.05, 0.1) is 11.0 Å². The number of anilines is 1. The van der Waals surface area contributed by atoms with Gasteiger partial charge in [-0.05, 0) is 44.0 Å². The minimum Gasteiger partial charge on any atom is -0.342 e. The quantitative estimate of drug-likeness (QED) is 0.777. The summed E-state index contributed by atoms with van der Waals surface area (Å²) in [6.45, 7) is 0.539. The van der Waals surface area contributed by atoms with E-state index in [4.69, 9.17) is 5.73 Å². The predicted octanol–water partition coefficient (Wildman–Crippen LogP) is 3.35. The Bertz CT molecular complexity index is 625. The van der Waals surface area contributed by atoms with Crippen LogP contribution < -0.4 is 11.1 Å². The monoisotopic (exact) mass is 344 g/mol. The normalized spacial score (nSPS) is 13.9. The van der Waals surface area contributed by atoms with Gasteiger partial charge in [-0.15, -0.1) is 24.8 Å². The van der Waals surface area contributed by atoms with Gasteiger partial charge in [-0.1, -0.05) is 6.42 Å². The van der Waals surface area contributed by atoms with E-state index in [1.54, 1.807) is 0 Å². The lowest BCUT2D eigenvalue weighted by atomic mass is 9.85. The van der Waals surface area contributed by atoms with Crippen molar-refractivity contribution < 1.29 is 4.79 Å². The second-order valence-corrected chi connectivity index (χ2v) is 5.42. The molecule has 122 valence electrons. The summed E-state index contributed by atoms with van der Waals surface area (Å²) in [5.74, 6) is 1.68. The van der Waals surface area contributed by atoms with Crippen LogP contribution in [0.1, 0.15) is 43.8 Å². The fraction of sp³-hybridized carbons (Fsp3) is 0.467. The number of nitrogens with zero attached hydrogens (tertiary/aromatic N) is 1. The number of nitrogens with one attached hydrogen (secondary N) is 2. The molecule has 1 aliphatic carbocycles. The summed E-state index contributed by atoms with van der Waals surface area (Å²) in [6.07, 6.45) is 4.92. The van der Waals surface area contributed by atoms with Crippen molar-refractivity contribution in [3.8, 4) is 0 Å². The van der Waals surface area contributed by atoms with E-state index in [2.05, 4.69) is 15.3 Å². The van der Waals surface area contributed by atoms with Gasteiger partial charge in [-0.2, -0.15) is 0 Å². The maximum Gasteiger partial charge on any atom is 0.224 e. The van der Waals surface area contributed by atoms with Crippen LogP contribution in [0.5, 0.6) is 0 Å². The summed E-state index contributed by atoms with van der Waals surface area (Å²) in [5, 5.41) is 2.89. The molecular formula is C15H22Cl2N4O. The molecule has 5 nitrogen and oxygen atoms in total. The van der Waals surface area contributed by atoms with Crippen LogP contribution in [0.4, 0.5) is 5.69 Å². The van der Waals surface area contributed by atoms with E-state index in [0.717, 1.165) is 22.5 Å². The Morgan fingerprint density at radius 1 is 1.36 bits per heavy atom. The maximum atomic E-state index is 11.7. The Labute approximate surface area is 142 Å². The van der Waals surface area contributed by atoms with E-state index in [1.165, 1.54) is 19.3 Å². The third-order valence-corrected chi connectivity index (χ3v) is 3.88. The Kier molecular flexibility index (Phi) is 7.13. The van der Waals surface area contributed by atoms with E-state index in [-0.39, 0.29) is 30.7 Å². The van der Waals surface area contributed by atoms with E-state index in [9.17, 15) is 4.79 Å². The Balaban J connectivity index is 0.00000121. The van der Waals surface area contributed by atoms with Crippen molar-refractivity contribution in [3.63, 3.8) is 0 Å². The van der Waals surface area contributed by atoms with E-state index < -0.39 is 0 Å². The smallest absolute Gasteiger partial charge is 0.224 e. The number of amides is 1. The molecule has 1 aromatic carbocycles. The van der Waals surface area contributed by atoms with Crippen molar-refractivity contribution in [2.75, 3.05) is 11.9 Å². The number of rotatable bonds is 5. The molecule has 1 aromatic heterocycles. The van der Waals surface area contributed by atoms with Gasteiger partial charge >= 0.3 is 0 Å². The SMILES string of the molecule is Cl.Cl.NCCCC(=O)Nc1ccc2nc(C3CCC3)[nH]c2c1. The summed E-state index contributed by atoms with van der Waals surface area (Å²) in [6, 6.07) is 5.80. The highest BCUT2D eigenvalue weighted by Gasteiger charge is 2.22. The molecule has 2 aromatic rings. The zero-order valence-electron chi connectivity index (χ0n) is 12.3. The Hall–Kier alpha value is -1.30. The fourth-order valence-electron chi connectivity index (χ4n) is 2.47. The van der Waals surface area contributed by atoms with E-state index in [0.29, 0.717) is 25.3 Å². The molecule has 0 saturated heterocycles. The number of hydrogen-bond donors (Lipinski definition) is 3. The summed E-state index contributed by atoms with van der Waals surface area (Å²) < 4.78 is 0. The van der Waals surface area contributed by atoms with Crippen LogP contribution in [0.3, 0.4) is 0 Å². The number of carbonyl (C=O) groups is 1. The molecule has 22 heavy (non-hydrogen) atoms. The number of benzene rings is 1. The van der Waals surface area contributed by atoms with Gasteiger partial charge in [0.1, 0.15) is 5.82 Å². The zero-order chi connectivity index (χ0) is 13.9. The minimum absolute atomic E-state index is 0. The number of aromatic amines is 1. The number of imidazole rings is 1. The van der Waals surface area contributed by atoms with Crippen molar-refractivity contribution >= 4 is 47.4 Å². The van der Waals surface area contributed by atoms with Gasteiger partial charge in [0.2, 0.25) is 5.91 Å². The first-order valence-corrected chi connectivity index (χ1v) is 7.26. The Morgan fingerprint density at radius 2 is 2.14 bits per heavy atom. The fourth-order valence-corrected chi connectivity index (χ4v) is 2.47. The first-order valence-electron chi connectivity index (χ1n) is 7.26. The number of carbonyl (C=O) groups excluding carboxylic acids is 1. The molecule has 3 rings (SSSR count). The van der Waals surface area contributed by atoms with Crippen molar-refractivity contribution in [2.45, 2.75) is 38.0 Å². The molecule has 0 atom stereocenters. The lowest BCUT2D eigenvalue weighted by Crippen LogP contribution is -2.13. The highest BCUT2D eigenvalue weighted by molar-refractivity contribution is 5.93. The lowest BCUT2D eigenvalue weighted by Gasteiger charge is -2.22. The molecule has 0 unspecified atom stereocenters. The third-order valence-electron chi connectivity index (χ3n) is 3.88. The average Bonchev–Trinajstić information content (AvgIpc) is 2.76. The van der Waals surface area contributed by atoms with E-state index in [1.807, 2.05) is 18.2 Å². The van der Waals surface area contributed by atoms with Gasteiger partial charge in [-0.25, -0.2) is 4.98 Å². The molecule has 4 N–H and O–H groups in total. The van der Waals surface area contributed by atoms with Crippen molar-refractivity contribution in [3.05, 3.63) is 24.0 Å². The third kappa shape index (κ3) is 4.12. The summed E-state index contributed by atoms with van der Waals surface area (Å²) >= 11 is 0. The highest BCUT2D eigenvalue weighted by atomic mass is 35.5. The van der Waals surface area contributed by atoms with Crippen LogP contribution in [0, 0.1) is 0 Å². The predicted molar refractivity (Wildman–Crippen MR) is 94.1 cm³/mol. The first-order chi connectivity index (χ1) is 9.76. The Morgan fingerprint density at radius 3 is 2.77 bits per heavy atom. The van der Waals surface area contributed by atoms with Crippen LogP contribution in [0.15, 0.2) is 18.2 Å². The second-order valence-electron chi connectivity index (χ2n) is 5.42. The van der Waals surface area contributed by atoms with E-state index >= 15 is 0 Å². The molecule has 7 heteroatoms.